The zero-order valence-electron chi connectivity index (χ0n) is 13.3. The number of benzene rings is 1. The van der Waals surface area contributed by atoms with Gasteiger partial charge in [0, 0.05) is 24.0 Å². The lowest BCUT2D eigenvalue weighted by Crippen LogP contribution is -2.14. The fraction of sp³-hybridized carbons (Fsp3) is 0.467. The Bertz CT molecular complexity index is 536. The fourth-order valence-corrected chi connectivity index (χ4v) is 2.76. The largest absolute Gasteiger partial charge is 0.609 e. The number of unbranched alkanes of at least 4 members (excludes halogenated alkanes) is 1. The molecule has 134 valence electrons. The van der Waals surface area contributed by atoms with Crippen LogP contribution in [0.1, 0.15) is 25.7 Å². The quantitative estimate of drug-likeness (QED) is 0.329. The van der Waals surface area contributed by atoms with E-state index in [0.717, 1.165) is 0 Å². The van der Waals surface area contributed by atoms with Crippen LogP contribution in [-0.2, 0) is 45.5 Å². The van der Waals surface area contributed by atoms with Crippen molar-refractivity contribution in [1.82, 2.24) is 0 Å². The van der Waals surface area contributed by atoms with Gasteiger partial charge in [0.25, 0.3) is 5.94 Å². The minimum absolute atomic E-state index is 0.115. The predicted octanol–water partition coefficient (Wildman–Crippen LogP) is 1.67. The molecule has 0 aliphatic rings. The molecule has 0 spiro atoms. The van der Waals surface area contributed by atoms with E-state index in [1.165, 1.54) is 7.11 Å². The number of carbonyl (C=O) groups excluding carboxylic acids is 2. The lowest BCUT2D eigenvalue weighted by molar-refractivity contribution is -0.143. The number of ether oxygens (including phenoxy) is 2. The van der Waals surface area contributed by atoms with Crippen LogP contribution in [0.5, 0.6) is 0 Å². The zero-order chi connectivity index (χ0) is 17.8. The maximum atomic E-state index is 11.9. The van der Waals surface area contributed by atoms with E-state index in [-0.39, 0.29) is 24.7 Å². The molecule has 9 heteroatoms. The Morgan fingerprint density at radius 2 is 1.67 bits per heavy atom. The number of hydrogen-bond acceptors (Lipinski definition) is 7. The van der Waals surface area contributed by atoms with Crippen LogP contribution in [0.25, 0.3) is 0 Å². The molecule has 1 rings (SSSR count). The normalized spacial score (nSPS) is 13.1. The van der Waals surface area contributed by atoms with Gasteiger partial charge in [-0.25, -0.2) is 4.21 Å². The predicted molar refractivity (Wildman–Crippen MR) is 88.4 cm³/mol. The molecule has 7 nitrogen and oxygen atoms in total. The minimum atomic E-state index is -1.63. The van der Waals surface area contributed by atoms with E-state index in [4.69, 9.17) is 9.47 Å². The average molecular weight is 376 g/mol. The summed E-state index contributed by atoms with van der Waals surface area (Å²) in [6.07, 6.45) is 1.13. The van der Waals surface area contributed by atoms with E-state index in [2.05, 4.69) is 4.18 Å². The Labute approximate surface area is 146 Å². The lowest BCUT2D eigenvalue weighted by atomic mass is 10.2. The highest BCUT2D eigenvalue weighted by Gasteiger charge is 2.13. The summed E-state index contributed by atoms with van der Waals surface area (Å²) in [5.74, 6) is -1.46. The van der Waals surface area contributed by atoms with Crippen LogP contribution in [0.3, 0.4) is 0 Å². The van der Waals surface area contributed by atoms with Gasteiger partial charge in [0.15, 0.2) is 21.9 Å². The Morgan fingerprint density at radius 3 is 2.25 bits per heavy atom. The summed E-state index contributed by atoms with van der Waals surface area (Å²) in [5.41, 5.74) is 0. The third-order valence-electron chi connectivity index (χ3n) is 2.85. The minimum Gasteiger partial charge on any atom is -0.609 e. The summed E-state index contributed by atoms with van der Waals surface area (Å²) in [7, 11) is 1.25. The van der Waals surface area contributed by atoms with Gasteiger partial charge in [-0.2, -0.15) is 0 Å². The molecule has 0 bridgehead atoms. The highest BCUT2D eigenvalue weighted by Crippen LogP contribution is 2.11. The first-order valence-electron chi connectivity index (χ1n) is 7.20. The van der Waals surface area contributed by atoms with Crippen LogP contribution >= 0.6 is 0 Å². The number of rotatable bonds is 11. The second kappa shape index (κ2) is 12.0. The first-order valence-corrected chi connectivity index (χ1v) is 9.76. The second-order valence-corrected chi connectivity index (χ2v) is 7.18. The molecule has 0 radical (unpaired) electrons. The van der Waals surface area contributed by atoms with Gasteiger partial charge < -0.3 is 14.0 Å². The Kier molecular flexibility index (Phi) is 10.3. The van der Waals surface area contributed by atoms with E-state index in [1.54, 1.807) is 24.3 Å². The molecule has 0 N–H and O–H groups in total. The van der Waals surface area contributed by atoms with Gasteiger partial charge in [0.2, 0.25) is 0 Å². The van der Waals surface area contributed by atoms with Gasteiger partial charge in [0.1, 0.15) is 0 Å². The standard InChI is InChI=1S/C15H20O7S2/c1-20-24(19)12-22-15(17)10-6-5-9-14(16)21-11-23(18)13-7-3-2-4-8-13/h2-4,7-8H,5-6,9-12H2,1H3/t23-,24?/m1/s1. The molecule has 0 aromatic heterocycles. The van der Waals surface area contributed by atoms with Crippen molar-refractivity contribution < 1.29 is 32.0 Å². The molecule has 0 aliphatic carbocycles. The van der Waals surface area contributed by atoms with Crippen LogP contribution in [0.2, 0.25) is 0 Å². The highest BCUT2D eigenvalue weighted by atomic mass is 32.2. The SMILES string of the molecule is COS(=O)COC(=O)CCCCC(=O)OC[S@@+]([O-])c1ccccc1. The van der Waals surface area contributed by atoms with E-state index < -0.39 is 34.2 Å². The summed E-state index contributed by atoms with van der Waals surface area (Å²) in [5, 5.41) is 0. The molecule has 0 saturated heterocycles. The average Bonchev–Trinajstić information content (AvgIpc) is 2.61. The van der Waals surface area contributed by atoms with Crippen molar-refractivity contribution in [3.63, 3.8) is 0 Å². The van der Waals surface area contributed by atoms with Crippen molar-refractivity contribution in [1.29, 1.82) is 0 Å². The van der Waals surface area contributed by atoms with Crippen LogP contribution in [0.4, 0.5) is 0 Å². The first kappa shape index (κ1) is 20.6. The third kappa shape index (κ3) is 9.02. The van der Waals surface area contributed by atoms with Crippen LogP contribution < -0.4 is 0 Å². The van der Waals surface area contributed by atoms with Gasteiger partial charge >= 0.3 is 11.9 Å². The summed E-state index contributed by atoms with van der Waals surface area (Å²) < 4.78 is 36.8. The van der Waals surface area contributed by atoms with Crippen LogP contribution in [-0.4, -0.2) is 39.7 Å². The van der Waals surface area contributed by atoms with Crippen LogP contribution in [0.15, 0.2) is 35.2 Å². The molecule has 1 aromatic carbocycles. The van der Waals surface area contributed by atoms with Gasteiger partial charge in [0.05, 0.1) is 7.11 Å². The van der Waals surface area contributed by atoms with Crippen molar-refractivity contribution in [2.24, 2.45) is 0 Å². The topological polar surface area (TPSA) is 102 Å². The maximum absolute atomic E-state index is 11.9. The Balaban J connectivity index is 2.09. The lowest BCUT2D eigenvalue weighted by Gasteiger charge is -2.10. The molecule has 24 heavy (non-hydrogen) atoms. The summed E-state index contributed by atoms with van der Waals surface area (Å²) in [4.78, 5) is 23.5. The highest BCUT2D eigenvalue weighted by molar-refractivity contribution is 7.91. The van der Waals surface area contributed by atoms with Crippen molar-refractivity contribution in [3.05, 3.63) is 30.3 Å². The first-order chi connectivity index (χ1) is 11.5. The summed E-state index contributed by atoms with van der Waals surface area (Å²) >= 11 is -3.02. The third-order valence-corrected chi connectivity index (χ3v) is 4.66. The molecule has 0 aliphatic heterocycles. The number of hydrogen-bond donors (Lipinski definition) is 0. The molecule has 0 amide bonds. The fourth-order valence-electron chi connectivity index (χ4n) is 1.60. The molecule has 0 heterocycles. The van der Waals surface area contributed by atoms with Crippen molar-refractivity contribution >= 4 is 34.2 Å². The smallest absolute Gasteiger partial charge is 0.309 e. The monoisotopic (exact) mass is 376 g/mol. The molecule has 0 saturated carbocycles. The molecule has 0 fully saturated rings. The summed E-state index contributed by atoms with van der Waals surface area (Å²) in [6.45, 7) is 0. The van der Waals surface area contributed by atoms with E-state index in [9.17, 15) is 18.4 Å². The zero-order valence-corrected chi connectivity index (χ0v) is 14.9. The molecule has 2 atom stereocenters. The van der Waals surface area contributed by atoms with Gasteiger partial charge in [-0.05, 0) is 25.0 Å². The molecular weight excluding hydrogens is 356 g/mol. The van der Waals surface area contributed by atoms with Crippen molar-refractivity contribution in [2.45, 2.75) is 30.6 Å². The van der Waals surface area contributed by atoms with E-state index in [1.807, 2.05) is 6.07 Å². The van der Waals surface area contributed by atoms with Crippen molar-refractivity contribution in [3.8, 4) is 0 Å². The van der Waals surface area contributed by atoms with Gasteiger partial charge in [-0.3, -0.25) is 13.8 Å². The van der Waals surface area contributed by atoms with E-state index >= 15 is 0 Å². The maximum Gasteiger partial charge on any atom is 0.309 e. The second-order valence-electron chi connectivity index (χ2n) is 4.60. The van der Waals surface area contributed by atoms with Crippen molar-refractivity contribution in [2.75, 3.05) is 19.0 Å². The summed E-state index contributed by atoms with van der Waals surface area (Å²) in [6, 6.07) is 8.73. The van der Waals surface area contributed by atoms with E-state index in [0.29, 0.717) is 17.7 Å². The molecule has 1 unspecified atom stereocenters. The Hall–Kier alpha value is -1.42. The molecule has 1 aromatic rings. The Morgan fingerprint density at radius 1 is 1.08 bits per heavy atom. The van der Waals surface area contributed by atoms with Crippen LogP contribution in [0, 0.1) is 0 Å². The molecular formula is C15H20O7S2. The number of carbonyl (C=O) groups is 2. The van der Waals surface area contributed by atoms with Gasteiger partial charge in [-0.1, -0.05) is 18.2 Å². The number of esters is 2. The van der Waals surface area contributed by atoms with Gasteiger partial charge in [-0.15, -0.1) is 0 Å².